The zero-order valence-electron chi connectivity index (χ0n) is 17.8. The van der Waals surface area contributed by atoms with Crippen LogP contribution < -0.4 is 10.1 Å². The predicted octanol–water partition coefficient (Wildman–Crippen LogP) is 4.53. The Labute approximate surface area is 182 Å². The van der Waals surface area contributed by atoms with Crippen LogP contribution in [0.1, 0.15) is 18.9 Å². The summed E-state index contributed by atoms with van der Waals surface area (Å²) in [6, 6.07) is 25.4. The van der Waals surface area contributed by atoms with Gasteiger partial charge in [-0.15, -0.1) is 0 Å². The lowest BCUT2D eigenvalue weighted by Gasteiger charge is -2.49. The maximum atomic E-state index is 12.9. The van der Waals surface area contributed by atoms with Crippen molar-refractivity contribution in [3.8, 4) is 16.9 Å². The summed E-state index contributed by atoms with van der Waals surface area (Å²) >= 11 is 0. The molecule has 0 spiro atoms. The van der Waals surface area contributed by atoms with Crippen LogP contribution in [-0.2, 0) is 16.0 Å². The number of benzene rings is 3. The summed E-state index contributed by atoms with van der Waals surface area (Å²) in [5.74, 6) is 0.449. The molecule has 3 aromatic carbocycles. The Morgan fingerprint density at radius 1 is 0.968 bits per heavy atom. The van der Waals surface area contributed by atoms with E-state index in [9.17, 15) is 9.59 Å². The molecule has 1 atom stereocenters. The second kappa shape index (κ2) is 8.64. The van der Waals surface area contributed by atoms with Crippen LogP contribution in [-0.4, -0.2) is 35.9 Å². The van der Waals surface area contributed by atoms with Crippen LogP contribution in [0.15, 0.2) is 78.9 Å². The number of methoxy groups -OCH3 is 1. The van der Waals surface area contributed by atoms with Gasteiger partial charge in [-0.3, -0.25) is 9.59 Å². The first kappa shape index (κ1) is 20.7. The topological polar surface area (TPSA) is 58.6 Å². The number of amides is 2. The monoisotopic (exact) mass is 414 g/mol. The maximum Gasteiger partial charge on any atom is 0.250 e. The van der Waals surface area contributed by atoms with Crippen molar-refractivity contribution in [2.75, 3.05) is 19.0 Å². The van der Waals surface area contributed by atoms with Gasteiger partial charge in [0, 0.05) is 18.3 Å². The molecule has 1 aliphatic heterocycles. The first-order chi connectivity index (χ1) is 15.0. The first-order valence-electron chi connectivity index (χ1n) is 10.4. The summed E-state index contributed by atoms with van der Waals surface area (Å²) in [6.07, 6.45) is 0.915. The van der Waals surface area contributed by atoms with E-state index in [1.54, 1.807) is 18.1 Å². The van der Waals surface area contributed by atoms with E-state index in [1.807, 2.05) is 67.6 Å². The Hall–Kier alpha value is -3.60. The summed E-state index contributed by atoms with van der Waals surface area (Å²) < 4.78 is 5.21. The van der Waals surface area contributed by atoms with E-state index < -0.39 is 5.54 Å². The van der Waals surface area contributed by atoms with Gasteiger partial charge >= 0.3 is 0 Å². The molecule has 5 nitrogen and oxygen atoms in total. The fourth-order valence-electron chi connectivity index (χ4n) is 3.88. The van der Waals surface area contributed by atoms with Gasteiger partial charge in [0.1, 0.15) is 11.3 Å². The number of rotatable bonds is 6. The van der Waals surface area contributed by atoms with E-state index in [1.165, 1.54) is 0 Å². The molecule has 4 rings (SSSR count). The van der Waals surface area contributed by atoms with E-state index in [2.05, 4.69) is 17.4 Å². The van der Waals surface area contributed by atoms with Crippen LogP contribution in [0.4, 0.5) is 5.69 Å². The fraction of sp³-hybridized carbons (Fsp3) is 0.231. The lowest BCUT2D eigenvalue weighted by molar-refractivity contribution is -0.154. The fourth-order valence-corrected chi connectivity index (χ4v) is 3.88. The number of likely N-dealkylation sites (tertiary alicyclic amines) is 1. The standard InChI is InChI=1S/C26H26N2O3/c1-26(25(30)27-22-9-6-10-23(18-22)31-2)15-16-28(26)24(29)17-19-11-13-21(14-12-19)20-7-4-3-5-8-20/h3-14,18H,15-17H2,1-2H3,(H,27,30). The minimum absolute atomic E-state index is 0.0398. The summed E-state index contributed by atoms with van der Waals surface area (Å²) in [5.41, 5.74) is 3.01. The Kier molecular flexibility index (Phi) is 5.76. The molecule has 1 saturated heterocycles. The lowest BCUT2D eigenvalue weighted by Crippen LogP contribution is -2.66. The quantitative estimate of drug-likeness (QED) is 0.645. The van der Waals surface area contributed by atoms with Crippen LogP contribution in [0.25, 0.3) is 11.1 Å². The van der Waals surface area contributed by atoms with Crippen molar-refractivity contribution in [1.82, 2.24) is 4.90 Å². The minimum Gasteiger partial charge on any atom is -0.497 e. The molecule has 1 aliphatic rings. The molecule has 5 heteroatoms. The highest BCUT2D eigenvalue weighted by Gasteiger charge is 2.49. The number of anilines is 1. The Balaban J connectivity index is 1.41. The molecule has 0 aromatic heterocycles. The van der Waals surface area contributed by atoms with Crippen molar-refractivity contribution in [3.05, 3.63) is 84.4 Å². The molecule has 31 heavy (non-hydrogen) atoms. The van der Waals surface area contributed by atoms with Crippen molar-refractivity contribution >= 4 is 17.5 Å². The van der Waals surface area contributed by atoms with E-state index >= 15 is 0 Å². The number of hydrogen-bond acceptors (Lipinski definition) is 3. The van der Waals surface area contributed by atoms with Gasteiger partial charge < -0.3 is 15.0 Å². The number of hydrogen-bond donors (Lipinski definition) is 1. The van der Waals surface area contributed by atoms with E-state index in [-0.39, 0.29) is 18.2 Å². The molecule has 1 N–H and O–H groups in total. The minimum atomic E-state index is -0.843. The van der Waals surface area contributed by atoms with Crippen LogP contribution >= 0.6 is 0 Å². The van der Waals surface area contributed by atoms with Gasteiger partial charge in [0.2, 0.25) is 11.8 Å². The Morgan fingerprint density at radius 2 is 1.68 bits per heavy atom. The number of carbonyl (C=O) groups is 2. The molecule has 1 heterocycles. The number of nitrogens with one attached hydrogen (secondary N) is 1. The third kappa shape index (κ3) is 4.31. The lowest BCUT2D eigenvalue weighted by atomic mass is 9.84. The Bertz CT molecular complexity index is 1080. The van der Waals surface area contributed by atoms with Gasteiger partial charge in [0.25, 0.3) is 0 Å². The second-order valence-corrected chi connectivity index (χ2v) is 8.00. The number of ether oxygens (including phenoxy) is 1. The van der Waals surface area contributed by atoms with Gasteiger partial charge in [-0.1, -0.05) is 60.7 Å². The molecular weight excluding hydrogens is 388 g/mol. The summed E-state index contributed by atoms with van der Waals surface area (Å²) in [5, 5.41) is 2.92. The average Bonchev–Trinajstić information content (AvgIpc) is 2.79. The molecule has 1 fully saturated rings. The van der Waals surface area contributed by atoms with Crippen molar-refractivity contribution in [2.24, 2.45) is 0 Å². The van der Waals surface area contributed by atoms with Gasteiger partial charge in [-0.2, -0.15) is 0 Å². The summed E-state index contributed by atoms with van der Waals surface area (Å²) in [4.78, 5) is 27.6. The van der Waals surface area contributed by atoms with Crippen LogP contribution in [0.2, 0.25) is 0 Å². The predicted molar refractivity (Wildman–Crippen MR) is 122 cm³/mol. The largest absolute Gasteiger partial charge is 0.497 e. The van der Waals surface area contributed by atoms with E-state index in [0.29, 0.717) is 24.4 Å². The number of carbonyl (C=O) groups excluding carboxylic acids is 2. The van der Waals surface area contributed by atoms with Crippen molar-refractivity contribution in [3.63, 3.8) is 0 Å². The molecule has 0 bridgehead atoms. The molecule has 3 aromatic rings. The van der Waals surface area contributed by atoms with Crippen molar-refractivity contribution < 1.29 is 14.3 Å². The summed E-state index contributed by atoms with van der Waals surface area (Å²) in [7, 11) is 1.58. The van der Waals surface area contributed by atoms with Gasteiger partial charge in [-0.25, -0.2) is 0 Å². The van der Waals surface area contributed by atoms with Crippen LogP contribution in [0.3, 0.4) is 0 Å². The molecule has 158 valence electrons. The molecule has 1 unspecified atom stereocenters. The molecular formula is C26H26N2O3. The third-order valence-electron chi connectivity index (χ3n) is 5.95. The van der Waals surface area contributed by atoms with E-state index in [4.69, 9.17) is 4.74 Å². The molecule has 2 amide bonds. The molecule has 0 radical (unpaired) electrons. The highest BCUT2D eigenvalue weighted by molar-refractivity contribution is 6.01. The van der Waals surface area contributed by atoms with Gasteiger partial charge in [-0.05, 0) is 42.2 Å². The smallest absolute Gasteiger partial charge is 0.250 e. The van der Waals surface area contributed by atoms with Gasteiger partial charge in [0.05, 0.1) is 13.5 Å². The van der Waals surface area contributed by atoms with Gasteiger partial charge in [0.15, 0.2) is 0 Å². The summed E-state index contributed by atoms with van der Waals surface area (Å²) in [6.45, 7) is 2.41. The van der Waals surface area contributed by atoms with Crippen LogP contribution in [0.5, 0.6) is 5.75 Å². The zero-order valence-corrected chi connectivity index (χ0v) is 17.8. The first-order valence-corrected chi connectivity index (χ1v) is 10.4. The maximum absolute atomic E-state index is 12.9. The normalized spacial score (nSPS) is 17.5. The molecule has 0 saturated carbocycles. The highest BCUT2D eigenvalue weighted by atomic mass is 16.5. The average molecular weight is 415 g/mol. The number of nitrogens with zero attached hydrogens (tertiary/aromatic N) is 1. The zero-order chi connectivity index (χ0) is 21.8. The Morgan fingerprint density at radius 3 is 2.32 bits per heavy atom. The third-order valence-corrected chi connectivity index (χ3v) is 5.95. The van der Waals surface area contributed by atoms with Crippen molar-refractivity contribution in [2.45, 2.75) is 25.3 Å². The van der Waals surface area contributed by atoms with Crippen molar-refractivity contribution in [1.29, 1.82) is 0 Å². The SMILES string of the molecule is COc1cccc(NC(=O)C2(C)CCN2C(=O)Cc2ccc(-c3ccccc3)cc2)c1. The van der Waals surface area contributed by atoms with Crippen LogP contribution in [0, 0.1) is 0 Å². The van der Waals surface area contributed by atoms with E-state index in [0.717, 1.165) is 16.7 Å². The second-order valence-electron chi connectivity index (χ2n) is 8.00. The molecule has 0 aliphatic carbocycles. The highest BCUT2D eigenvalue weighted by Crippen LogP contribution is 2.33.